The molecule has 2 amide bonds. The monoisotopic (exact) mass is 493 g/mol. The lowest BCUT2D eigenvalue weighted by Gasteiger charge is -2.48. The van der Waals surface area contributed by atoms with Gasteiger partial charge in [0.05, 0.1) is 19.3 Å². The molecule has 1 aromatic carbocycles. The fourth-order valence-electron chi connectivity index (χ4n) is 4.32. The topological polar surface area (TPSA) is 92.8 Å². The summed E-state index contributed by atoms with van der Waals surface area (Å²) in [6, 6.07) is 6.74. The van der Waals surface area contributed by atoms with Crippen LogP contribution in [0.25, 0.3) is 0 Å². The second-order valence-electron chi connectivity index (χ2n) is 11.0. The van der Waals surface area contributed by atoms with Crippen LogP contribution in [0, 0.1) is 0 Å². The quantitative estimate of drug-likeness (QED) is 0.583. The molecule has 34 heavy (non-hydrogen) atoms. The first kappa shape index (κ1) is 25.1. The van der Waals surface area contributed by atoms with Crippen LogP contribution in [0.1, 0.15) is 45.0 Å². The minimum atomic E-state index is -2.37. The number of amides is 2. The fraction of sp³-hybridized carbons (Fsp3) is 0.667. The van der Waals surface area contributed by atoms with Gasteiger partial charge in [0.1, 0.15) is 30.6 Å². The van der Waals surface area contributed by atoms with E-state index >= 15 is 0 Å². The Balaban J connectivity index is 1.69. The summed E-state index contributed by atoms with van der Waals surface area (Å²) in [4.78, 5) is 27.4. The van der Waals surface area contributed by atoms with Crippen molar-refractivity contribution in [1.29, 1.82) is 0 Å². The number of fused-ring (bicyclic) bond motifs is 1. The van der Waals surface area contributed by atoms with Gasteiger partial charge in [0.2, 0.25) is 0 Å². The van der Waals surface area contributed by atoms with E-state index in [1.54, 1.807) is 24.3 Å². The zero-order valence-corrected chi connectivity index (χ0v) is 22.2. The van der Waals surface area contributed by atoms with Crippen LogP contribution in [0.4, 0.5) is 4.79 Å². The fourth-order valence-corrected chi connectivity index (χ4v) is 5.62. The third-order valence-electron chi connectivity index (χ3n) is 7.11. The molecule has 1 spiro atoms. The number of hydrogen-bond donors (Lipinski definition) is 0. The minimum Gasteiger partial charge on any atom is -0.496 e. The minimum absolute atomic E-state index is 0.119. The highest BCUT2D eigenvalue weighted by atomic mass is 28.4. The third kappa shape index (κ3) is 4.26. The number of benzene rings is 1. The molecule has 0 saturated carbocycles. The molecule has 3 aliphatic heterocycles. The molecule has 3 saturated heterocycles. The molecular weight excluding hydrogens is 458 g/mol. The first-order valence-corrected chi connectivity index (χ1v) is 14.5. The van der Waals surface area contributed by atoms with Crippen molar-refractivity contribution in [2.75, 3.05) is 20.3 Å². The van der Waals surface area contributed by atoms with Gasteiger partial charge in [-0.3, -0.25) is 4.79 Å². The van der Waals surface area contributed by atoms with Gasteiger partial charge in [-0.25, -0.2) is 9.69 Å². The number of imide groups is 1. The normalized spacial score (nSPS) is 30.9. The average molecular weight is 494 g/mol. The van der Waals surface area contributed by atoms with E-state index < -0.39 is 44.1 Å². The number of carbonyl (C=O) groups excluding carboxylic acids is 2. The van der Waals surface area contributed by atoms with Gasteiger partial charge in [0.15, 0.2) is 14.1 Å². The number of carbonyl (C=O) groups is 2. The largest absolute Gasteiger partial charge is 0.496 e. The van der Waals surface area contributed by atoms with E-state index in [1.807, 2.05) is 13.8 Å². The van der Waals surface area contributed by atoms with Crippen LogP contribution in [0.3, 0.4) is 0 Å². The Morgan fingerprint density at radius 1 is 1.18 bits per heavy atom. The standard InChI is InChI=1S/C24H35NO8Si/c1-22(2,3)34(7,8)33-19-18-17(30-23(4,5)31-18)13-29-24(19)14-25(21(27)32-24)20(26)15-11-9-10-12-16(15)28-6/h9-12,17-19H,13-14H2,1-8H3/t17-,18-,19+,24+/m1/s1. The van der Waals surface area contributed by atoms with E-state index in [4.69, 9.17) is 28.1 Å². The lowest BCUT2D eigenvalue weighted by Crippen LogP contribution is -2.66. The van der Waals surface area contributed by atoms with Crippen molar-refractivity contribution in [2.24, 2.45) is 0 Å². The molecule has 0 unspecified atom stereocenters. The summed E-state index contributed by atoms with van der Waals surface area (Å²) >= 11 is 0. The Morgan fingerprint density at radius 2 is 1.85 bits per heavy atom. The Kier molecular flexibility index (Phi) is 6.13. The summed E-state index contributed by atoms with van der Waals surface area (Å²) < 4.78 is 36.4. The van der Waals surface area contributed by atoms with Gasteiger partial charge in [-0.05, 0) is 44.1 Å². The van der Waals surface area contributed by atoms with Crippen molar-refractivity contribution < 1.29 is 37.7 Å². The molecule has 3 fully saturated rings. The van der Waals surface area contributed by atoms with Gasteiger partial charge >= 0.3 is 6.09 Å². The summed E-state index contributed by atoms with van der Waals surface area (Å²) in [5.41, 5.74) is 0.260. The maximum atomic E-state index is 13.3. The molecule has 188 valence electrons. The van der Waals surface area contributed by atoms with Crippen molar-refractivity contribution in [2.45, 2.75) is 82.6 Å². The van der Waals surface area contributed by atoms with Crippen LogP contribution in [-0.4, -0.2) is 75.4 Å². The van der Waals surface area contributed by atoms with Crippen LogP contribution in [0.2, 0.25) is 18.1 Å². The van der Waals surface area contributed by atoms with E-state index in [-0.39, 0.29) is 29.9 Å². The summed E-state index contributed by atoms with van der Waals surface area (Å²) in [5.74, 6) is -2.50. The highest BCUT2D eigenvalue weighted by molar-refractivity contribution is 6.74. The maximum absolute atomic E-state index is 13.3. The number of nitrogens with zero attached hydrogens (tertiary/aromatic N) is 1. The van der Waals surface area contributed by atoms with Crippen LogP contribution in [0.5, 0.6) is 5.75 Å². The van der Waals surface area contributed by atoms with E-state index in [2.05, 4.69) is 33.9 Å². The smallest absolute Gasteiger partial charge is 0.419 e. The van der Waals surface area contributed by atoms with E-state index in [0.717, 1.165) is 4.90 Å². The van der Waals surface area contributed by atoms with Gasteiger partial charge in [0, 0.05) is 0 Å². The van der Waals surface area contributed by atoms with Crippen LogP contribution >= 0.6 is 0 Å². The third-order valence-corrected chi connectivity index (χ3v) is 11.6. The van der Waals surface area contributed by atoms with Crippen LogP contribution in [-0.2, 0) is 23.4 Å². The van der Waals surface area contributed by atoms with Crippen LogP contribution in [0.15, 0.2) is 24.3 Å². The Labute approximate surface area is 201 Å². The van der Waals surface area contributed by atoms with Gasteiger partial charge in [-0.15, -0.1) is 0 Å². The number of para-hydroxylation sites is 1. The summed E-state index contributed by atoms with van der Waals surface area (Å²) in [5, 5.41) is -0.119. The van der Waals surface area contributed by atoms with Crippen molar-refractivity contribution in [3.05, 3.63) is 29.8 Å². The summed E-state index contributed by atoms with van der Waals surface area (Å²) in [7, 11) is -0.898. The summed E-state index contributed by atoms with van der Waals surface area (Å²) in [6.07, 6.45) is -2.47. The van der Waals surface area contributed by atoms with E-state index in [9.17, 15) is 9.59 Å². The Bertz CT molecular complexity index is 974. The Morgan fingerprint density at radius 3 is 2.50 bits per heavy atom. The molecule has 0 aliphatic carbocycles. The molecule has 10 heteroatoms. The molecule has 3 heterocycles. The van der Waals surface area contributed by atoms with Crippen LogP contribution < -0.4 is 4.74 Å². The van der Waals surface area contributed by atoms with Crippen molar-refractivity contribution in [1.82, 2.24) is 4.90 Å². The lowest BCUT2D eigenvalue weighted by atomic mass is 9.96. The van der Waals surface area contributed by atoms with Crippen molar-refractivity contribution >= 4 is 20.3 Å². The highest BCUT2D eigenvalue weighted by Crippen LogP contribution is 2.47. The van der Waals surface area contributed by atoms with Crippen molar-refractivity contribution in [3.63, 3.8) is 0 Å². The number of hydrogen-bond acceptors (Lipinski definition) is 8. The zero-order valence-electron chi connectivity index (χ0n) is 21.2. The second-order valence-corrected chi connectivity index (χ2v) is 15.8. The van der Waals surface area contributed by atoms with E-state index in [1.165, 1.54) is 7.11 Å². The lowest BCUT2D eigenvalue weighted by molar-refractivity contribution is -0.282. The first-order chi connectivity index (χ1) is 15.7. The number of rotatable bonds is 4. The molecular formula is C24H35NO8Si. The van der Waals surface area contributed by atoms with Gasteiger partial charge in [0.25, 0.3) is 11.7 Å². The van der Waals surface area contributed by atoms with Gasteiger partial charge in [-0.1, -0.05) is 32.9 Å². The second kappa shape index (κ2) is 8.30. The SMILES string of the molecule is COc1ccccc1C(=O)N1C[C@]2(OC[C@H]3OC(C)(C)O[C@H]3[C@@H]2O[Si](C)(C)C(C)(C)C)OC1=O. The molecule has 1 aromatic rings. The van der Waals surface area contributed by atoms with E-state index in [0.29, 0.717) is 5.75 Å². The number of methoxy groups -OCH3 is 1. The van der Waals surface area contributed by atoms with Crippen molar-refractivity contribution in [3.8, 4) is 5.75 Å². The molecule has 4 atom stereocenters. The molecule has 3 aliphatic rings. The average Bonchev–Trinajstić information content (AvgIpc) is 3.25. The Hall–Kier alpha value is -1.98. The highest BCUT2D eigenvalue weighted by Gasteiger charge is 2.65. The maximum Gasteiger partial charge on any atom is 0.419 e. The molecule has 0 aromatic heterocycles. The predicted octanol–water partition coefficient (Wildman–Crippen LogP) is 3.92. The molecule has 0 bridgehead atoms. The van der Waals surface area contributed by atoms with Gasteiger partial charge < -0.3 is 28.1 Å². The molecule has 9 nitrogen and oxygen atoms in total. The van der Waals surface area contributed by atoms with Gasteiger partial charge in [-0.2, -0.15) is 0 Å². The molecule has 4 rings (SSSR count). The zero-order chi connectivity index (χ0) is 25.1. The summed E-state index contributed by atoms with van der Waals surface area (Å²) in [6.45, 7) is 14.3. The predicted molar refractivity (Wildman–Crippen MR) is 125 cm³/mol. The molecule has 0 N–H and O–H groups in total. The number of ether oxygens (including phenoxy) is 5. The first-order valence-electron chi connectivity index (χ1n) is 11.5. The molecule has 0 radical (unpaired) electrons.